The zero-order chi connectivity index (χ0) is 16.5. The van der Waals surface area contributed by atoms with E-state index in [4.69, 9.17) is 9.47 Å². The molecule has 1 N–H and O–H groups in total. The van der Waals surface area contributed by atoms with Gasteiger partial charge in [-0.3, -0.25) is 9.69 Å². The van der Waals surface area contributed by atoms with Gasteiger partial charge in [0.2, 0.25) is 0 Å². The van der Waals surface area contributed by atoms with Crippen LogP contribution in [0.25, 0.3) is 0 Å². The van der Waals surface area contributed by atoms with Crippen LogP contribution in [0.4, 0.5) is 0 Å². The van der Waals surface area contributed by atoms with E-state index in [1.54, 1.807) is 0 Å². The summed E-state index contributed by atoms with van der Waals surface area (Å²) in [7, 11) is 0. The van der Waals surface area contributed by atoms with E-state index < -0.39 is 0 Å². The van der Waals surface area contributed by atoms with Crippen LogP contribution in [0.3, 0.4) is 0 Å². The second-order valence-corrected chi connectivity index (χ2v) is 7.28. The molecule has 3 aliphatic rings. The van der Waals surface area contributed by atoms with Gasteiger partial charge in [-0.1, -0.05) is 12.1 Å². The van der Waals surface area contributed by atoms with E-state index in [9.17, 15) is 4.79 Å². The summed E-state index contributed by atoms with van der Waals surface area (Å²) in [5.41, 5.74) is 3.06. The molecule has 0 radical (unpaired) electrons. The van der Waals surface area contributed by atoms with E-state index in [0.29, 0.717) is 12.1 Å². The molecular formula is C19H26N2O3. The maximum atomic E-state index is 12.7. The molecule has 3 heterocycles. The van der Waals surface area contributed by atoms with Gasteiger partial charge in [0.15, 0.2) is 0 Å². The van der Waals surface area contributed by atoms with Gasteiger partial charge in [-0.05, 0) is 43.4 Å². The SMILES string of the molecule is Cc1ccc(CN2C[C@@H]3C[C@H]2CO3)cc1C(=O)NC1CCOCC1. The molecule has 130 valence electrons. The van der Waals surface area contributed by atoms with Crippen LogP contribution in [0.2, 0.25) is 0 Å². The number of rotatable bonds is 4. The summed E-state index contributed by atoms with van der Waals surface area (Å²) in [6.07, 6.45) is 3.38. The summed E-state index contributed by atoms with van der Waals surface area (Å²) in [6, 6.07) is 7.07. The molecule has 3 aliphatic heterocycles. The Balaban J connectivity index is 1.43. The number of aryl methyl sites for hydroxylation is 1. The average Bonchev–Trinajstić information content (AvgIpc) is 3.20. The minimum Gasteiger partial charge on any atom is -0.381 e. The van der Waals surface area contributed by atoms with Crippen LogP contribution < -0.4 is 5.32 Å². The molecule has 4 rings (SSSR count). The first-order valence-electron chi connectivity index (χ1n) is 9.03. The lowest BCUT2D eigenvalue weighted by atomic mass is 10.0. The summed E-state index contributed by atoms with van der Waals surface area (Å²) in [5.74, 6) is 0.0486. The first-order chi connectivity index (χ1) is 11.7. The molecule has 5 heteroatoms. The number of carbonyl (C=O) groups excluding carboxylic acids is 1. The van der Waals surface area contributed by atoms with Crippen LogP contribution in [0.5, 0.6) is 0 Å². The van der Waals surface area contributed by atoms with Crippen molar-refractivity contribution in [1.29, 1.82) is 0 Å². The number of hydrogen-bond acceptors (Lipinski definition) is 4. The fraction of sp³-hybridized carbons (Fsp3) is 0.632. The van der Waals surface area contributed by atoms with Gasteiger partial charge in [0.25, 0.3) is 5.91 Å². The van der Waals surface area contributed by atoms with Crippen molar-refractivity contribution >= 4 is 5.91 Å². The molecule has 0 saturated carbocycles. The van der Waals surface area contributed by atoms with Gasteiger partial charge >= 0.3 is 0 Å². The Morgan fingerprint density at radius 3 is 2.88 bits per heavy atom. The molecule has 1 aromatic rings. The van der Waals surface area contributed by atoms with Crippen molar-refractivity contribution in [1.82, 2.24) is 10.2 Å². The summed E-state index contributed by atoms with van der Waals surface area (Å²) in [4.78, 5) is 15.2. The maximum Gasteiger partial charge on any atom is 0.251 e. The van der Waals surface area contributed by atoms with Gasteiger partial charge in [-0.15, -0.1) is 0 Å². The molecule has 1 amide bonds. The van der Waals surface area contributed by atoms with Gasteiger partial charge in [-0.2, -0.15) is 0 Å². The monoisotopic (exact) mass is 330 g/mol. The van der Waals surface area contributed by atoms with Crippen LogP contribution in [-0.4, -0.2) is 55.4 Å². The molecule has 24 heavy (non-hydrogen) atoms. The van der Waals surface area contributed by atoms with E-state index in [1.807, 2.05) is 6.92 Å². The predicted molar refractivity (Wildman–Crippen MR) is 91.0 cm³/mol. The zero-order valence-electron chi connectivity index (χ0n) is 14.3. The number of nitrogens with one attached hydrogen (secondary N) is 1. The van der Waals surface area contributed by atoms with E-state index in [-0.39, 0.29) is 11.9 Å². The largest absolute Gasteiger partial charge is 0.381 e. The highest BCUT2D eigenvalue weighted by Gasteiger charge is 2.38. The van der Waals surface area contributed by atoms with Gasteiger partial charge < -0.3 is 14.8 Å². The summed E-state index contributed by atoms with van der Waals surface area (Å²) < 4.78 is 11.0. The van der Waals surface area contributed by atoms with Crippen LogP contribution in [0, 0.1) is 6.92 Å². The predicted octanol–water partition coefficient (Wildman–Crippen LogP) is 1.88. The maximum absolute atomic E-state index is 12.7. The Labute approximate surface area is 143 Å². The molecule has 1 aromatic carbocycles. The normalized spacial score (nSPS) is 27.5. The summed E-state index contributed by atoms with van der Waals surface area (Å²) in [5, 5.41) is 3.17. The lowest BCUT2D eigenvalue weighted by Gasteiger charge is -2.27. The number of nitrogens with zero attached hydrogens (tertiary/aromatic N) is 1. The Morgan fingerprint density at radius 2 is 2.17 bits per heavy atom. The second-order valence-electron chi connectivity index (χ2n) is 7.28. The number of carbonyl (C=O) groups is 1. The van der Waals surface area contributed by atoms with E-state index >= 15 is 0 Å². The molecule has 0 aromatic heterocycles. The van der Waals surface area contributed by atoms with Gasteiger partial charge in [-0.25, -0.2) is 0 Å². The van der Waals surface area contributed by atoms with Crippen molar-refractivity contribution in [3.05, 3.63) is 34.9 Å². The quantitative estimate of drug-likeness (QED) is 0.916. The van der Waals surface area contributed by atoms with E-state index in [2.05, 4.69) is 28.4 Å². The minimum absolute atomic E-state index is 0.0486. The Hall–Kier alpha value is -1.43. The molecular weight excluding hydrogens is 304 g/mol. The highest BCUT2D eigenvalue weighted by Crippen LogP contribution is 2.29. The van der Waals surface area contributed by atoms with Crippen LogP contribution in [-0.2, 0) is 16.0 Å². The average molecular weight is 330 g/mol. The first kappa shape index (κ1) is 16.1. The number of benzene rings is 1. The topological polar surface area (TPSA) is 50.8 Å². The van der Waals surface area contributed by atoms with Crippen LogP contribution >= 0.6 is 0 Å². The number of likely N-dealkylation sites (tertiary alicyclic amines) is 1. The molecule has 0 spiro atoms. The summed E-state index contributed by atoms with van der Waals surface area (Å²) >= 11 is 0. The van der Waals surface area contributed by atoms with Gasteiger partial charge in [0.05, 0.1) is 12.7 Å². The zero-order valence-corrected chi connectivity index (χ0v) is 14.3. The number of morpholine rings is 1. The molecule has 0 unspecified atom stereocenters. The van der Waals surface area contributed by atoms with Crippen molar-refractivity contribution in [2.45, 2.75) is 50.9 Å². The number of fused-ring (bicyclic) bond motifs is 2. The van der Waals surface area contributed by atoms with Crippen molar-refractivity contribution in [2.24, 2.45) is 0 Å². The number of ether oxygens (including phenoxy) is 2. The summed E-state index contributed by atoms with van der Waals surface area (Å²) in [6.45, 7) is 6.26. The van der Waals surface area contributed by atoms with Crippen molar-refractivity contribution < 1.29 is 14.3 Å². The number of hydrogen-bond donors (Lipinski definition) is 1. The van der Waals surface area contributed by atoms with Crippen LogP contribution in [0.1, 0.15) is 40.7 Å². The van der Waals surface area contributed by atoms with Crippen LogP contribution in [0.15, 0.2) is 18.2 Å². The standard InChI is InChI=1S/C19H26N2O3/c1-13-2-3-14(10-21-11-17-9-16(21)12-24-17)8-18(13)19(22)20-15-4-6-23-7-5-15/h2-3,8,15-17H,4-7,9-12H2,1H3,(H,20,22)/t16-,17-/m0/s1. The van der Waals surface area contributed by atoms with E-state index in [1.165, 1.54) is 5.56 Å². The highest BCUT2D eigenvalue weighted by atomic mass is 16.5. The molecule has 2 atom stereocenters. The molecule has 2 bridgehead atoms. The fourth-order valence-corrected chi connectivity index (χ4v) is 4.02. The third kappa shape index (κ3) is 3.34. The highest BCUT2D eigenvalue weighted by molar-refractivity contribution is 5.96. The van der Waals surface area contributed by atoms with Crippen molar-refractivity contribution in [3.63, 3.8) is 0 Å². The molecule has 3 saturated heterocycles. The van der Waals surface area contributed by atoms with Crippen molar-refractivity contribution in [3.8, 4) is 0 Å². The second kappa shape index (κ2) is 6.82. The lowest BCUT2D eigenvalue weighted by Crippen LogP contribution is -2.39. The third-order valence-corrected chi connectivity index (χ3v) is 5.50. The van der Waals surface area contributed by atoms with Crippen molar-refractivity contribution in [2.75, 3.05) is 26.4 Å². The minimum atomic E-state index is 0.0486. The van der Waals surface area contributed by atoms with E-state index in [0.717, 1.165) is 63.3 Å². The lowest BCUT2D eigenvalue weighted by molar-refractivity contribution is 0.0273. The van der Waals surface area contributed by atoms with Gasteiger partial charge in [0.1, 0.15) is 0 Å². The van der Waals surface area contributed by atoms with Gasteiger partial charge in [0, 0.05) is 44.0 Å². The Kier molecular flexibility index (Phi) is 4.57. The Morgan fingerprint density at radius 1 is 1.33 bits per heavy atom. The fourth-order valence-electron chi connectivity index (χ4n) is 4.02. The Bertz CT molecular complexity index is 613. The molecule has 0 aliphatic carbocycles. The number of amides is 1. The first-order valence-corrected chi connectivity index (χ1v) is 9.03. The molecule has 3 fully saturated rings. The third-order valence-electron chi connectivity index (χ3n) is 5.50. The smallest absolute Gasteiger partial charge is 0.251 e. The molecule has 5 nitrogen and oxygen atoms in total.